The van der Waals surface area contributed by atoms with Gasteiger partial charge in [-0.1, -0.05) is 12.1 Å². The minimum atomic E-state index is 0.212. The molecule has 1 aromatic carbocycles. The minimum absolute atomic E-state index is 0.212. The van der Waals surface area contributed by atoms with Gasteiger partial charge in [-0.3, -0.25) is 15.8 Å². The standard InChI is InChI=1S/C21H20N6/c1-14-4-7-20(22)27(26-14)21(23)10-15-5-6-19-17(9-15)11-18(13-25-19)16-3-2-8-24-12-16/h2-9,11-12,22-23,25H,10,13H2,1H3. The molecule has 134 valence electrons. The van der Waals surface area contributed by atoms with Crippen LogP contribution in [0.1, 0.15) is 22.4 Å². The van der Waals surface area contributed by atoms with E-state index in [-0.39, 0.29) is 11.3 Å². The van der Waals surface area contributed by atoms with Crippen molar-refractivity contribution < 1.29 is 0 Å². The molecule has 0 atom stereocenters. The first kappa shape index (κ1) is 16.9. The molecular weight excluding hydrogens is 336 g/mol. The Bertz CT molecular complexity index is 1100. The summed E-state index contributed by atoms with van der Waals surface area (Å²) >= 11 is 0. The maximum atomic E-state index is 8.36. The molecule has 0 unspecified atom stereocenters. The van der Waals surface area contributed by atoms with Crippen LogP contribution in [0.4, 0.5) is 5.69 Å². The highest BCUT2D eigenvalue weighted by Gasteiger charge is 2.13. The second-order valence-corrected chi connectivity index (χ2v) is 6.58. The Balaban J connectivity index is 1.62. The van der Waals surface area contributed by atoms with E-state index < -0.39 is 0 Å². The highest BCUT2D eigenvalue weighted by Crippen LogP contribution is 2.29. The number of nitrogens with zero attached hydrogens (tertiary/aromatic N) is 3. The Labute approximate surface area is 157 Å². The number of fused-ring (bicyclic) bond motifs is 1. The molecule has 0 bridgehead atoms. The number of pyridine rings is 1. The van der Waals surface area contributed by atoms with Crippen molar-refractivity contribution in [2.45, 2.75) is 13.3 Å². The van der Waals surface area contributed by atoms with Gasteiger partial charge in [0.05, 0.1) is 5.69 Å². The number of nitrogens with one attached hydrogen (secondary N) is 3. The molecule has 0 fully saturated rings. The van der Waals surface area contributed by atoms with Gasteiger partial charge in [0.1, 0.15) is 11.3 Å². The summed E-state index contributed by atoms with van der Waals surface area (Å²) < 4.78 is 1.38. The lowest BCUT2D eigenvalue weighted by atomic mass is 9.97. The summed E-state index contributed by atoms with van der Waals surface area (Å²) in [6.07, 6.45) is 6.23. The van der Waals surface area contributed by atoms with Gasteiger partial charge in [0, 0.05) is 31.0 Å². The Kier molecular flexibility index (Phi) is 4.38. The summed E-state index contributed by atoms with van der Waals surface area (Å²) in [6.45, 7) is 2.62. The average Bonchev–Trinajstić information content (AvgIpc) is 2.70. The van der Waals surface area contributed by atoms with Crippen LogP contribution >= 0.6 is 0 Å². The Morgan fingerprint density at radius 1 is 1.22 bits per heavy atom. The molecule has 0 amide bonds. The van der Waals surface area contributed by atoms with Crippen molar-refractivity contribution in [3.8, 4) is 0 Å². The zero-order chi connectivity index (χ0) is 18.8. The normalized spacial score (nSPS) is 12.7. The fourth-order valence-electron chi connectivity index (χ4n) is 3.16. The fourth-order valence-corrected chi connectivity index (χ4v) is 3.16. The third-order valence-corrected chi connectivity index (χ3v) is 4.54. The molecule has 27 heavy (non-hydrogen) atoms. The minimum Gasteiger partial charge on any atom is -0.380 e. The summed E-state index contributed by atoms with van der Waals surface area (Å²) in [5, 5.41) is 24.1. The molecule has 6 heteroatoms. The van der Waals surface area contributed by atoms with Crippen LogP contribution < -0.4 is 10.8 Å². The van der Waals surface area contributed by atoms with Crippen LogP contribution in [0, 0.1) is 17.7 Å². The summed E-state index contributed by atoms with van der Waals surface area (Å²) in [6, 6.07) is 13.6. The molecule has 1 aliphatic rings. The van der Waals surface area contributed by atoms with E-state index >= 15 is 0 Å². The molecule has 1 aliphatic heterocycles. The summed E-state index contributed by atoms with van der Waals surface area (Å²) in [5.41, 5.74) is 6.48. The van der Waals surface area contributed by atoms with Crippen LogP contribution in [-0.4, -0.2) is 27.1 Å². The van der Waals surface area contributed by atoms with Crippen LogP contribution in [0.15, 0.2) is 54.9 Å². The Morgan fingerprint density at radius 3 is 2.93 bits per heavy atom. The van der Waals surface area contributed by atoms with Crippen molar-refractivity contribution in [3.05, 3.63) is 82.7 Å². The zero-order valence-corrected chi connectivity index (χ0v) is 15.0. The van der Waals surface area contributed by atoms with E-state index in [1.165, 1.54) is 10.3 Å². The SMILES string of the molecule is Cc1ccc(=N)n(C(=N)Cc2ccc3c(c2)C=C(c2cccnc2)CN3)n1. The molecule has 0 saturated heterocycles. The third kappa shape index (κ3) is 3.55. The zero-order valence-electron chi connectivity index (χ0n) is 15.0. The van der Waals surface area contributed by atoms with Crippen molar-refractivity contribution >= 4 is 23.2 Å². The van der Waals surface area contributed by atoms with Crippen LogP contribution in [0.5, 0.6) is 0 Å². The van der Waals surface area contributed by atoms with Crippen molar-refractivity contribution in [1.29, 1.82) is 10.8 Å². The van der Waals surface area contributed by atoms with Crippen LogP contribution in [0.3, 0.4) is 0 Å². The van der Waals surface area contributed by atoms with Gasteiger partial charge in [-0.05, 0) is 65.6 Å². The van der Waals surface area contributed by atoms with Gasteiger partial charge in [0.2, 0.25) is 0 Å². The highest BCUT2D eigenvalue weighted by atomic mass is 15.3. The maximum absolute atomic E-state index is 8.36. The largest absolute Gasteiger partial charge is 0.380 e. The molecule has 3 N–H and O–H groups in total. The van der Waals surface area contributed by atoms with Gasteiger partial charge < -0.3 is 5.32 Å². The average molecular weight is 356 g/mol. The van der Waals surface area contributed by atoms with Crippen molar-refractivity contribution in [1.82, 2.24) is 14.8 Å². The number of anilines is 1. The number of hydrogen-bond acceptors (Lipinski definition) is 5. The second kappa shape index (κ2) is 6.99. The number of rotatable bonds is 3. The first-order valence-electron chi connectivity index (χ1n) is 8.77. The molecule has 6 nitrogen and oxygen atoms in total. The molecular formula is C21H20N6. The van der Waals surface area contributed by atoms with Gasteiger partial charge >= 0.3 is 0 Å². The van der Waals surface area contributed by atoms with E-state index in [2.05, 4.69) is 33.6 Å². The number of aromatic nitrogens is 3. The van der Waals surface area contributed by atoms with Gasteiger partial charge in [-0.15, -0.1) is 0 Å². The molecule has 3 heterocycles. The summed E-state index contributed by atoms with van der Waals surface area (Å²) in [4.78, 5) is 4.20. The van der Waals surface area contributed by atoms with Gasteiger partial charge in [-0.2, -0.15) is 5.10 Å². The molecule has 3 aromatic rings. The lowest BCUT2D eigenvalue weighted by molar-refractivity contribution is 0.776. The van der Waals surface area contributed by atoms with E-state index in [4.69, 9.17) is 10.8 Å². The van der Waals surface area contributed by atoms with Crippen LogP contribution in [-0.2, 0) is 6.42 Å². The summed E-state index contributed by atoms with van der Waals surface area (Å²) in [7, 11) is 0. The fraction of sp³-hybridized carbons (Fsp3) is 0.143. The predicted octanol–water partition coefficient (Wildman–Crippen LogP) is 3.10. The molecule has 0 aliphatic carbocycles. The van der Waals surface area contributed by atoms with E-state index in [1.54, 1.807) is 18.3 Å². The molecule has 0 saturated carbocycles. The van der Waals surface area contributed by atoms with E-state index in [1.807, 2.05) is 31.3 Å². The molecule has 4 rings (SSSR count). The second-order valence-electron chi connectivity index (χ2n) is 6.58. The monoisotopic (exact) mass is 356 g/mol. The summed E-state index contributed by atoms with van der Waals surface area (Å²) in [5.74, 6) is 0.281. The quantitative estimate of drug-likeness (QED) is 0.497. The van der Waals surface area contributed by atoms with E-state index in [9.17, 15) is 0 Å². The number of benzene rings is 1. The maximum Gasteiger partial charge on any atom is 0.148 e. The molecule has 2 aromatic heterocycles. The topological polar surface area (TPSA) is 90.4 Å². The lowest BCUT2D eigenvalue weighted by Gasteiger charge is -2.20. The number of hydrogen-bond donors (Lipinski definition) is 3. The van der Waals surface area contributed by atoms with Crippen molar-refractivity contribution in [3.63, 3.8) is 0 Å². The Hall–Kier alpha value is -3.54. The van der Waals surface area contributed by atoms with E-state index in [0.29, 0.717) is 6.42 Å². The highest BCUT2D eigenvalue weighted by molar-refractivity contribution is 5.91. The first-order chi connectivity index (χ1) is 13.1. The van der Waals surface area contributed by atoms with Gasteiger partial charge in [0.15, 0.2) is 0 Å². The lowest BCUT2D eigenvalue weighted by Crippen LogP contribution is -2.30. The molecule has 0 spiro atoms. The van der Waals surface area contributed by atoms with E-state index in [0.717, 1.165) is 34.6 Å². The van der Waals surface area contributed by atoms with Crippen LogP contribution in [0.2, 0.25) is 0 Å². The third-order valence-electron chi connectivity index (χ3n) is 4.54. The first-order valence-corrected chi connectivity index (χ1v) is 8.77. The molecule has 0 radical (unpaired) electrons. The van der Waals surface area contributed by atoms with Gasteiger partial charge in [0.25, 0.3) is 0 Å². The number of aryl methyl sites for hydroxylation is 1. The van der Waals surface area contributed by atoms with Crippen LogP contribution in [0.25, 0.3) is 11.6 Å². The predicted molar refractivity (Wildman–Crippen MR) is 107 cm³/mol. The smallest absolute Gasteiger partial charge is 0.148 e. The van der Waals surface area contributed by atoms with Crippen molar-refractivity contribution in [2.75, 3.05) is 11.9 Å². The van der Waals surface area contributed by atoms with Crippen molar-refractivity contribution in [2.24, 2.45) is 0 Å². The Morgan fingerprint density at radius 2 is 2.11 bits per heavy atom. The van der Waals surface area contributed by atoms with Gasteiger partial charge in [-0.25, -0.2) is 4.68 Å².